The molecule has 1 aliphatic heterocycles. The standard InChI is InChI=1S/C20H23Cl2N3O/c1-15(18-7-2-3-8-19(18)22)23-20(26)14-24-9-11-25(12-10-24)17-6-4-5-16(21)13-17/h2-8,13,15H,9-12,14H2,1H3,(H,23,26)/t15-/m0/s1. The predicted octanol–water partition coefficient (Wildman–Crippen LogP) is 3.99. The van der Waals surface area contributed by atoms with Crippen LogP contribution in [0.4, 0.5) is 5.69 Å². The molecule has 0 spiro atoms. The van der Waals surface area contributed by atoms with Gasteiger partial charge in [-0.15, -0.1) is 0 Å². The SMILES string of the molecule is C[C@H](NC(=O)CN1CCN(c2cccc(Cl)c2)CC1)c1ccccc1Cl. The lowest BCUT2D eigenvalue weighted by Crippen LogP contribution is -2.49. The number of hydrogen-bond acceptors (Lipinski definition) is 3. The van der Waals surface area contributed by atoms with Crippen LogP contribution in [-0.2, 0) is 4.79 Å². The third kappa shape index (κ3) is 4.91. The van der Waals surface area contributed by atoms with E-state index in [4.69, 9.17) is 23.2 Å². The van der Waals surface area contributed by atoms with Crippen molar-refractivity contribution < 1.29 is 4.79 Å². The molecule has 1 heterocycles. The van der Waals surface area contributed by atoms with Crippen molar-refractivity contribution in [3.63, 3.8) is 0 Å². The maximum absolute atomic E-state index is 12.4. The number of carbonyl (C=O) groups excluding carboxylic acids is 1. The fourth-order valence-corrected chi connectivity index (χ4v) is 3.72. The topological polar surface area (TPSA) is 35.6 Å². The van der Waals surface area contributed by atoms with Gasteiger partial charge in [-0.1, -0.05) is 47.5 Å². The molecule has 1 N–H and O–H groups in total. The Hall–Kier alpha value is -1.75. The summed E-state index contributed by atoms with van der Waals surface area (Å²) in [7, 11) is 0. The maximum atomic E-state index is 12.4. The first-order chi connectivity index (χ1) is 12.5. The molecular weight excluding hydrogens is 369 g/mol. The molecule has 2 aromatic carbocycles. The zero-order valence-electron chi connectivity index (χ0n) is 14.8. The van der Waals surface area contributed by atoms with E-state index in [0.717, 1.165) is 42.5 Å². The molecular formula is C20H23Cl2N3O. The first-order valence-corrected chi connectivity index (χ1v) is 9.55. The molecule has 0 saturated carbocycles. The Morgan fingerprint density at radius 3 is 2.50 bits per heavy atom. The van der Waals surface area contributed by atoms with E-state index in [1.54, 1.807) is 0 Å². The zero-order chi connectivity index (χ0) is 18.5. The molecule has 1 fully saturated rings. The number of halogens is 2. The maximum Gasteiger partial charge on any atom is 0.234 e. The molecule has 138 valence electrons. The number of piperazine rings is 1. The van der Waals surface area contributed by atoms with Gasteiger partial charge >= 0.3 is 0 Å². The fourth-order valence-electron chi connectivity index (χ4n) is 3.23. The molecule has 1 atom stereocenters. The van der Waals surface area contributed by atoms with Gasteiger partial charge in [0.1, 0.15) is 0 Å². The van der Waals surface area contributed by atoms with Crippen molar-refractivity contribution in [1.82, 2.24) is 10.2 Å². The molecule has 6 heteroatoms. The van der Waals surface area contributed by atoms with Gasteiger partial charge in [-0.3, -0.25) is 9.69 Å². The molecule has 1 saturated heterocycles. The Morgan fingerprint density at radius 1 is 1.08 bits per heavy atom. The van der Waals surface area contributed by atoms with Crippen molar-refractivity contribution in [3.8, 4) is 0 Å². The predicted molar refractivity (Wildman–Crippen MR) is 108 cm³/mol. The Morgan fingerprint density at radius 2 is 1.81 bits per heavy atom. The van der Waals surface area contributed by atoms with Crippen LogP contribution >= 0.6 is 23.2 Å². The third-order valence-electron chi connectivity index (χ3n) is 4.66. The number of amides is 1. The number of nitrogens with zero attached hydrogens (tertiary/aromatic N) is 2. The van der Waals surface area contributed by atoms with E-state index >= 15 is 0 Å². The fraction of sp³-hybridized carbons (Fsp3) is 0.350. The monoisotopic (exact) mass is 391 g/mol. The Bertz CT molecular complexity index is 760. The molecule has 1 amide bonds. The van der Waals surface area contributed by atoms with Gasteiger partial charge in [-0.2, -0.15) is 0 Å². The largest absolute Gasteiger partial charge is 0.369 e. The van der Waals surface area contributed by atoms with E-state index in [2.05, 4.69) is 21.2 Å². The first-order valence-electron chi connectivity index (χ1n) is 8.79. The van der Waals surface area contributed by atoms with Crippen LogP contribution < -0.4 is 10.2 Å². The highest BCUT2D eigenvalue weighted by Crippen LogP contribution is 2.22. The van der Waals surface area contributed by atoms with Crippen LogP contribution in [0.1, 0.15) is 18.5 Å². The minimum Gasteiger partial charge on any atom is -0.369 e. The summed E-state index contributed by atoms with van der Waals surface area (Å²) < 4.78 is 0. The normalized spacial score (nSPS) is 16.3. The minimum absolute atomic E-state index is 0.0219. The summed E-state index contributed by atoms with van der Waals surface area (Å²) in [6, 6.07) is 15.4. The molecule has 0 aliphatic carbocycles. The van der Waals surface area contributed by atoms with E-state index in [0.29, 0.717) is 11.6 Å². The van der Waals surface area contributed by atoms with Crippen molar-refractivity contribution >= 4 is 34.8 Å². The van der Waals surface area contributed by atoms with Gasteiger partial charge in [0.05, 0.1) is 12.6 Å². The van der Waals surface area contributed by atoms with E-state index in [9.17, 15) is 4.79 Å². The van der Waals surface area contributed by atoms with Crippen LogP contribution in [-0.4, -0.2) is 43.5 Å². The van der Waals surface area contributed by atoms with E-state index < -0.39 is 0 Å². The number of carbonyl (C=O) groups is 1. The van der Waals surface area contributed by atoms with E-state index in [-0.39, 0.29) is 11.9 Å². The van der Waals surface area contributed by atoms with Crippen LogP contribution in [0, 0.1) is 0 Å². The van der Waals surface area contributed by atoms with Crippen LogP contribution in [0.15, 0.2) is 48.5 Å². The highest BCUT2D eigenvalue weighted by Gasteiger charge is 2.20. The number of nitrogens with one attached hydrogen (secondary N) is 1. The summed E-state index contributed by atoms with van der Waals surface area (Å²) in [5, 5.41) is 4.46. The van der Waals surface area contributed by atoms with E-state index in [1.165, 1.54) is 0 Å². The molecule has 3 rings (SSSR count). The molecule has 0 unspecified atom stereocenters. The molecule has 0 radical (unpaired) electrons. The Balaban J connectivity index is 1.48. The second-order valence-electron chi connectivity index (χ2n) is 6.55. The lowest BCUT2D eigenvalue weighted by atomic mass is 10.1. The summed E-state index contributed by atoms with van der Waals surface area (Å²) in [4.78, 5) is 16.9. The number of rotatable bonds is 5. The van der Waals surface area contributed by atoms with Gasteiger partial charge < -0.3 is 10.2 Å². The summed E-state index contributed by atoms with van der Waals surface area (Å²) >= 11 is 12.3. The highest BCUT2D eigenvalue weighted by atomic mass is 35.5. The molecule has 0 aromatic heterocycles. The second-order valence-corrected chi connectivity index (χ2v) is 7.40. The Kier molecular flexibility index (Phi) is 6.41. The van der Waals surface area contributed by atoms with E-state index in [1.807, 2.05) is 49.4 Å². The average molecular weight is 392 g/mol. The van der Waals surface area contributed by atoms with Crippen molar-refractivity contribution in [2.24, 2.45) is 0 Å². The number of benzene rings is 2. The van der Waals surface area contributed by atoms with Crippen LogP contribution in [0.2, 0.25) is 10.0 Å². The highest BCUT2D eigenvalue weighted by molar-refractivity contribution is 6.31. The van der Waals surface area contributed by atoms with Gasteiger partial charge in [0.25, 0.3) is 0 Å². The van der Waals surface area contributed by atoms with Crippen LogP contribution in [0.3, 0.4) is 0 Å². The molecule has 4 nitrogen and oxygen atoms in total. The lowest BCUT2D eigenvalue weighted by Gasteiger charge is -2.36. The molecule has 26 heavy (non-hydrogen) atoms. The van der Waals surface area contributed by atoms with Crippen LogP contribution in [0.5, 0.6) is 0 Å². The van der Waals surface area contributed by atoms with Crippen LogP contribution in [0.25, 0.3) is 0 Å². The Labute approximate surface area is 164 Å². The van der Waals surface area contributed by atoms with Crippen molar-refractivity contribution in [2.45, 2.75) is 13.0 Å². The first kappa shape index (κ1) is 19.0. The molecule has 2 aromatic rings. The quantitative estimate of drug-likeness (QED) is 0.836. The third-order valence-corrected chi connectivity index (χ3v) is 5.24. The smallest absolute Gasteiger partial charge is 0.234 e. The van der Waals surface area contributed by atoms with Gasteiger partial charge in [0.15, 0.2) is 0 Å². The molecule has 1 aliphatic rings. The van der Waals surface area contributed by atoms with Gasteiger partial charge in [0, 0.05) is 41.9 Å². The van der Waals surface area contributed by atoms with Crippen molar-refractivity contribution in [3.05, 3.63) is 64.1 Å². The summed E-state index contributed by atoms with van der Waals surface area (Å²) in [6.07, 6.45) is 0. The summed E-state index contributed by atoms with van der Waals surface area (Å²) in [5.41, 5.74) is 2.07. The van der Waals surface area contributed by atoms with Gasteiger partial charge in [0.2, 0.25) is 5.91 Å². The molecule has 0 bridgehead atoms. The van der Waals surface area contributed by atoms with Gasteiger partial charge in [-0.25, -0.2) is 0 Å². The average Bonchev–Trinajstić information content (AvgIpc) is 2.62. The van der Waals surface area contributed by atoms with Gasteiger partial charge in [-0.05, 0) is 36.8 Å². The van der Waals surface area contributed by atoms with Crippen molar-refractivity contribution in [2.75, 3.05) is 37.6 Å². The lowest BCUT2D eigenvalue weighted by molar-refractivity contribution is -0.123. The second kappa shape index (κ2) is 8.76. The van der Waals surface area contributed by atoms with Crippen molar-refractivity contribution in [1.29, 1.82) is 0 Å². The zero-order valence-corrected chi connectivity index (χ0v) is 16.3. The summed E-state index contributed by atoms with van der Waals surface area (Å²) in [5.74, 6) is 0.0219. The number of anilines is 1. The minimum atomic E-state index is -0.107. The number of hydrogen-bond donors (Lipinski definition) is 1. The summed E-state index contributed by atoms with van der Waals surface area (Å²) in [6.45, 7) is 5.82.